The van der Waals surface area contributed by atoms with Crippen LogP contribution in [0.15, 0.2) is 15.0 Å². The fraction of sp³-hybridized carbons (Fsp3) is 0.529. The summed E-state index contributed by atoms with van der Waals surface area (Å²) in [6, 6.07) is -1.64. The molecular formula is C17H19N7O9S4. The third-order valence-electron chi connectivity index (χ3n) is 5.63. The summed E-state index contributed by atoms with van der Waals surface area (Å²) < 4.78 is 5.86. The molecule has 16 nitrogen and oxygen atoms in total. The minimum absolute atomic E-state index is 0.0480. The Morgan fingerprint density at radius 2 is 1.97 bits per heavy atom. The van der Waals surface area contributed by atoms with Gasteiger partial charge in [0, 0.05) is 25.7 Å². The fourth-order valence-corrected chi connectivity index (χ4v) is 8.74. The number of fused-ring (bicyclic) bond motifs is 1. The van der Waals surface area contributed by atoms with E-state index in [1.165, 1.54) is 11.8 Å². The van der Waals surface area contributed by atoms with Gasteiger partial charge in [-0.25, -0.2) is 14.3 Å². The van der Waals surface area contributed by atoms with Gasteiger partial charge in [0.05, 0.1) is 4.24 Å². The second-order valence-corrected chi connectivity index (χ2v) is 12.7. The number of nitrogens with one attached hydrogen (secondary N) is 1. The van der Waals surface area contributed by atoms with Crippen molar-refractivity contribution in [3.05, 3.63) is 9.81 Å². The number of aromatic nitrogens is 4. The number of aliphatic hydroxyl groups is 1. The summed E-state index contributed by atoms with van der Waals surface area (Å²) in [5, 5.41) is 43.1. The Morgan fingerprint density at radius 3 is 2.49 bits per heavy atom. The number of hydrogen-bond acceptors (Lipinski definition) is 14. The summed E-state index contributed by atoms with van der Waals surface area (Å²) in [7, 11) is 2.75. The topological polar surface area (TPSA) is 240 Å². The largest absolute Gasteiger partial charge is 0.480 e. The molecule has 37 heavy (non-hydrogen) atoms. The first-order chi connectivity index (χ1) is 17.4. The van der Waals surface area contributed by atoms with Gasteiger partial charge in [-0.05, 0) is 10.4 Å². The quantitative estimate of drug-likeness (QED) is 0.0494. The van der Waals surface area contributed by atoms with Crippen molar-refractivity contribution in [3.8, 4) is 0 Å². The number of carboxylic acids is 2. The van der Waals surface area contributed by atoms with Crippen molar-refractivity contribution in [2.45, 2.75) is 32.5 Å². The van der Waals surface area contributed by atoms with Crippen LogP contribution in [-0.4, -0.2) is 116 Å². The Hall–Kier alpha value is -2.52. The van der Waals surface area contributed by atoms with Crippen molar-refractivity contribution in [3.63, 3.8) is 0 Å². The number of aliphatic carboxylic acids is 2. The van der Waals surface area contributed by atoms with Crippen LogP contribution in [0.4, 0.5) is 0 Å². The van der Waals surface area contributed by atoms with Gasteiger partial charge in [-0.15, -0.1) is 16.9 Å². The smallest absolute Gasteiger partial charge is 0.343 e. The van der Waals surface area contributed by atoms with Gasteiger partial charge in [0.15, 0.2) is 6.04 Å². The monoisotopic (exact) mass is 593 g/mol. The zero-order valence-electron chi connectivity index (χ0n) is 18.9. The molecule has 3 aliphatic heterocycles. The van der Waals surface area contributed by atoms with Crippen molar-refractivity contribution < 1.29 is 44.0 Å². The number of amides is 3. The number of primary amides is 1. The normalized spacial score (nSPS) is 30.6. The maximum Gasteiger partial charge on any atom is 0.343 e. The summed E-state index contributed by atoms with van der Waals surface area (Å²) in [4.78, 5) is 61.8. The number of aryl methyl sites for hydroxylation is 1. The number of ether oxygens (including phenoxy) is 1. The van der Waals surface area contributed by atoms with Gasteiger partial charge in [0.2, 0.25) is 11.1 Å². The van der Waals surface area contributed by atoms with E-state index in [1.807, 2.05) is 0 Å². The maximum absolute atomic E-state index is 13.2. The molecule has 3 amide bonds. The highest BCUT2D eigenvalue weighted by molar-refractivity contribution is 8.39. The number of carbonyl (C=O) groups is 5. The summed E-state index contributed by atoms with van der Waals surface area (Å²) in [6.45, 7) is 0. The van der Waals surface area contributed by atoms with Crippen molar-refractivity contribution in [1.29, 1.82) is 0 Å². The number of nitrogens with zero attached hydrogens (tertiary/aromatic N) is 5. The van der Waals surface area contributed by atoms with Crippen LogP contribution in [0.5, 0.6) is 0 Å². The third-order valence-corrected chi connectivity index (χ3v) is 11.3. The second kappa shape index (κ2) is 9.98. The number of tetrazole rings is 1. The van der Waals surface area contributed by atoms with E-state index in [1.54, 1.807) is 7.05 Å². The number of β-lactam (4-membered cyclic amide) rings is 1. The average molecular weight is 594 g/mol. The summed E-state index contributed by atoms with van der Waals surface area (Å²) in [6.07, 6.45) is 0. The molecule has 3 aliphatic rings. The molecule has 1 aromatic rings. The molecule has 4 atom stereocenters. The Bertz CT molecular complexity index is 1200. The van der Waals surface area contributed by atoms with E-state index in [4.69, 9.17) is 15.6 Å². The van der Waals surface area contributed by atoms with E-state index in [-0.39, 0.29) is 15.7 Å². The summed E-state index contributed by atoms with van der Waals surface area (Å²) in [5.74, 6) is -5.95. The van der Waals surface area contributed by atoms with Crippen LogP contribution in [0, 0.1) is 0 Å². The molecule has 0 spiro atoms. The van der Waals surface area contributed by atoms with Gasteiger partial charge in [-0.2, -0.15) is 0 Å². The van der Waals surface area contributed by atoms with E-state index < -0.39 is 62.6 Å². The fourth-order valence-electron chi connectivity index (χ4n) is 3.87. The first-order valence-electron chi connectivity index (χ1n) is 10.1. The Morgan fingerprint density at radius 1 is 1.30 bits per heavy atom. The van der Waals surface area contributed by atoms with Crippen molar-refractivity contribution in [1.82, 2.24) is 30.4 Å². The molecule has 0 radical (unpaired) electrons. The standard InChI is InChI=1S/C17H19N7O9S4/c1-23-15(20-21-22-23)35-4-16(32)3-34-14-17(33-2,13(31)24(14)6(16)10(29)30)19-8(26)12-36-11(37-12)5(7(18)25)9(27)28/h6,12,14,32H,3-4H2,1-2H3,(H2,18,25)(H,19,26)(H,27,28)(H,29,30)/t6?,12?,14-,16?,17+/m1/s1. The molecular weight excluding hydrogens is 574 g/mol. The molecule has 0 aliphatic carbocycles. The minimum Gasteiger partial charge on any atom is -0.480 e. The van der Waals surface area contributed by atoms with Crippen molar-refractivity contribution in [2.24, 2.45) is 12.8 Å². The number of thioether (sulfide) groups is 4. The molecule has 1 aromatic heterocycles. The molecule has 20 heteroatoms. The SMILES string of the molecule is CO[C@@]1(NC(=O)C2SC(=C(C(N)=O)C(=O)O)S2)C(=O)N2C(C(=O)O)C(O)(CSc3nnnn3C)CS[C@@H]21. The van der Waals surface area contributed by atoms with Crippen LogP contribution >= 0.6 is 47.0 Å². The van der Waals surface area contributed by atoms with Gasteiger partial charge in [0.1, 0.15) is 21.1 Å². The highest BCUT2D eigenvalue weighted by atomic mass is 32.3. The average Bonchev–Trinajstić information content (AvgIpc) is 3.21. The van der Waals surface area contributed by atoms with Crippen LogP contribution < -0.4 is 11.1 Å². The predicted octanol–water partition coefficient (Wildman–Crippen LogP) is -2.55. The van der Waals surface area contributed by atoms with Gasteiger partial charge < -0.3 is 36.0 Å². The first-order valence-corrected chi connectivity index (χ1v) is 13.9. The molecule has 0 aromatic carbocycles. The van der Waals surface area contributed by atoms with E-state index in [9.17, 15) is 34.2 Å². The number of methoxy groups -OCH3 is 1. The molecule has 200 valence electrons. The van der Waals surface area contributed by atoms with Gasteiger partial charge in [-0.3, -0.25) is 14.4 Å². The second-order valence-electron chi connectivity index (χ2n) is 7.92. The molecule has 3 fully saturated rings. The molecule has 3 saturated heterocycles. The van der Waals surface area contributed by atoms with Crippen LogP contribution in [-0.2, 0) is 35.8 Å². The van der Waals surface area contributed by atoms with E-state index in [0.717, 1.165) is 51.9 Å². The molecule has 4 rings (SSSR count). The minimum atomic E-state index is -1.91. The van der Waals surface area contributed by atoms with E-state index >= 15 is 0 Å². The molecule has 0 bridgehead atoms. The lowest BCUT2D eigenvalue weighted by Gasteiger charge is -2.61. The van der Waals surface area contributed by atoms with E-state index in [2.05, 4.69) is 20.8 Å². The van der Waals surface area contributed by atoms with Crippen LogP contribution in [0.25, 0.3) is 0 Å². The zero-order chi connectivity index (χ0) is 27.3. The Balaban J connectivity index is 1.48. The molecule has 6 N–H and O–H groups in total. The predicted molar refractivity (Wildman–Crippen MR) is 130 cm³/mol. The molecule has 4 heterocycles. The summed E-state index contributed by atoms with van der Waals surface area (Å²) in [5.41, 5.74) is 0.665. The number of hydrogen-bond donors (Lipinski definition) is 5. The lowest BCUT2D eigenvalue weighted by atomic mass is 9.89. The van der Waals surface area contributed by atoms with Crippen LogP contribution in [0.3, 0.4) is 0 Å². The van der Waals surface area contributed by atoms with Crippen LogP contribution in [0.2, 0.25) is 0 Å². The number of nitrogens with two attached hydrogens (primary N) is 1. The van der Waals surface area contributed by atoms with Gasteiger partial charge in [0.25, 0.3) is 17.5 Å². The number of carbonyl (C=O) groups excluding carboxylic acids is 3. The Labute approximate surface area is 224 Å². The van der Waals surface area contributed by atoms with E-state index in [0.29, 0.717) is 5.16 Å². The molecule has 0 saturated carbocycles. The number of rotatable bonds is 9. The van der Waals surface area contributed by atoms with Gasteiger partial charge in [-0.1, -0.05) is 35.3 Å². The number of carboxylic acid groups (broad SMARTS) is 2. The highest BCUT2D eigenvalue weighted by Crippen LogP contribution is 2.54. The highest BCUT2D eigenvalue weighted by Gasteiger charge is 2.71. The van der Waals surface area contributed by atoms with Crippen molar-refractivity contribution >= 4 is 76.7 Å². The van der Waals surface area contributed by atoms with Crippen LogP contribution in [0.1, 0.15) is 0 Å². The molecule has 2 unspecified atom stereocenters. The van der Waals surface area contributed by atoms with Gasteiger partial charge >= 0.3 is 11.9 Å². The lowest BCUT2D eigenvalue weighted by Crippen LogP contribution is -2.86. The maximum atomic E-state index is 13.2. The first kappa shape index (κ1) is 27.5. The Kier molecular flexibility index (Phi) is 7.42. The summed E-state index contributed by atoms with van der Waals surface area (Å²) >= 11 is 3.61. The van der Waals surface area contributed by atoms with Crippen molar-refractivity contribution in [2.75, 3.05) is 18.6 Å². The third kappa shape index (κ3) is 4.54. The zero-order valence-corrected chi connectivity index (χ0v) is 22.1. The lowest BCUT2D eigenvalue weighted by molar-refractivity contribution is -0.213.